The van der Waals surface area contributed by atoms with E-state index in [4.69, 9.17) is 9.47 Å². The first kappa shape index (κ1) is 22.3. The minimum Gasteiger partial charge on any atom is -0.490 e. The Morgan fingerprint density at radius 3 is 2.52 bits per heavy atom. The summed E-state index contributed by atoms with van der Waals surface area (Å²) in [5.41, 5.74) is 2.54. The third-order valence-corrected chi connectivity index (χ3v) is 4.76. The Hall–Kier alpha value is -3.41. The number of rotatable bonds is 10. The number of hydrogen-bond acceptors (Lipinski definition) is 5. The van der Waals surface area contributed by atoms with Gasteiger partial charge in [-0.05, 0) is 44.0 Å². The van der Waals surface area contributed by atoms with Crippen molar-refractivity contribution in [1.82, 2.24) is 14.5 Å². The second-order valence-electron chi connectivity index (χ2n) is 7.53. The van der Waals surface area contributed by atoms with Crippen molar-refractivity contribution in [2.75, 3.05) is 0 Å². The van der Waals surface area contributed by atoms with Gasteiger partial charge in [-0.2, -0.15) is 0 Å². The molecule has 2 aromatic heterocycles. The summed E-state index contributed by atoms with van der Waals surface area (Å²) in [4.78, 5) is 20.4. The largest absolute Gasteiger partial charge is 0.490 e. The van der Waals surface area contributed by atoms with Crippen LogP contribution in [0.2, 0.25) is 0 Å². The molecule has 0 aliphatic heterocycles. The monoisotopic (exact) mass is 419 g/mol. The molecule has 1 aromatic carbocycles. The molecule has 0 amide bonds. The minimum atomic E-state index is -0.456. The molecule has 0 fully saturated rings. The van der Waals surface area contributed by atoms with Crippen molar-refractivity contribution in [1.29, 1.82) is 0 Å². The number of pyridine rings is 1. The van der Waals surface area contributed by atoms with E-state index in [1.165, 1.54) is 11.8 Å². The Morgan fingerprint density at radius 1 is 1.06 bits per heavy atom. The van der Waals surface area contributed by atoms with E-state index in [-0.39, 0.29) is 6.10 Å². The Bertz CT molecular complexity index is 967. The predicted molar refractivity (Wildman–Crippen MR) is 120 cm³/mol. The fourth-order valence-corrected chi connectivity index (χ4v) is 3.22. The summed E-state index contributed by atoms with van der Waals surface area (Å²) in [7, 11) is 0. The zero-order valence-electron chi connectivity index (χ0n) is 18.3. The van der Waals surface area contributed by atoms with Gasteiger partial charge in [0.2, 0.25) is 0 Å². The van der Waals surface area contributed by atoms with Gasteiger partial charge in [0.1, 0.15) is 11.9 Å². The van der Waals surface area contributed by atoms with Crippen molar-refractivity contribution in [2.24, 2.45) is 0 Å². The van der Waals surface area contributed by atoms with E-state index in [1.54, 1.807) is 30.9 Å². The van der Waals surface area contributed by atoms with Gasteiger partial charge in [0.15, 0.2) is 0 Å². The molecule has 6 heteroatoms. The smallest absolute Gasteiger partial charge is 0.340 e. The number of imidazole rings is 1. The summed E-state index contributed by atoms with van der Waals surface area (Å²) in [6.07, 6.45) is 12.1. The summed E-state index contributed by atoms with van der Waals surface area (Å²) in [5, 5.41) is 0. The highest BCUT2D eigenvalue weighted by molar-refractivity contribution is 5.89. The summed E-state index contributed by atoms with van der Waals surface area (Å²) >= 11 is 0. The molecule has 2 atom stereocenters. The molecular weight excluding hydrogens is 390 g/mol. The van der Waals surface area contributed by atoms with Gasteiger partial charge in [-0.3, -0.25) is 4.98 Å². The molecule has 6 nitrogen and oxygen atoms in total. The Labute approximate surface area is 183 Å². The van der Waals surface area contributed by atoms with E-state index in [1.807, 2.05) is 35.9 Å². The zero-order valence-corrected chi connectivity index (χ0v) is 18.3. The van der Waals surface area contributed by atoms with E-state index in [9.17, 15) is 4.79 Å². The first-order valence-electron chi connectivity index (χ1n) is 10.6. The Morgan fingerprint density at radius 2 is 1.87 bits per heavy atom. The number of aromatic nitrogens is 3. The molecule has 0 aliphatic rings. The maximum Gasteiger partial charge on any atom is 0.340 e. The van der Waals surface area contributed by atoms with Crippen LogP contribution in [0, 0.1) is 0 Å². The van der Waals surface area contributed by atoms with E-state index in [0.717, 1.165) is 24.9 Å². The van der Waals surface area contributed by atoms with Crippen LogP contribution in [-0.4, -0.2) is 32.7 Å². The van der Waals surface area contributed by atoms with Gasteiger partial charge in [0.05, 0.1) is 18.0 Å². The normalized spacial score (nSPS) is 13.5. The van der Waals surface area contributed by atoms with Crippen molar-refractivity contribution in [2.45, 2.75) is 52.4 Å². The van der Waals surface area contributed by atoms with E-state index >= 15 is 0 Å². The lowest BCUT2D eigenvalue weighted by Crippen LogP contribution is -2.15. The van der Waals surface area contributed by atoms with Crippen LogP contribution in [0.5, 0.6) is 0 Å². The van der Waals surface area contributed by atoms with E-state index < -0.39 is 12.1 Å². The maximum absolute atomic E-state index is 12.4. The van der Waals surface area contributed by atoms with Crippen LogP contribution < -0.4 is 0 Å². The van der Waals surface area contributed by atoms with Crippen LogP contribution >= 0.6 is 0 Å². The van der Waals surface area contributed by atoms with E-state index in [0.29, 0.717) is 11.3 Å². The van der Waals surface area contributed by atoms with Crippen LogP contribution in [0.25, 0.3) is 5.76 Å². The minimum absolute atomic E-state index is 0.0584. The second kappa shape index (κ2) is 11.1. The zero-order chi connectivity index (χ0) is 22.1. The number of hydrogen-bond donors (Lipinski definition) is 0. The molecule has 3 aromatic rings. The van der Waals surface area contributed by atoms with Crippen molar-refractivity contribution in [3.63, 3.8) is 0 Å². The molecule has 31 heavy (non-hydrogen) atoms. The summed E-state index contributed by atoms with van der Waals surface area (Å²) in [6.45, 7) is 6.77. The highest BCUT2D eigenvalue weighted by Gasteiger charge is 2.14. The third-order valence-electron chi connectivity index (χ3n) is 4.76. The number of carbonyl (C=O) groups is 1. The molecule has 0 saturated heterocycles. The Balaban J connectivity index is 1.75. The number of benzene rings is 1. The van der Waals surface area contributed by atoms with Crippen LogP contribution in [0.1, 0.15) is 55.1 Å². The Kier molecular flexibility index (Phi) is 7.98. The molecule has 162 valence electrons. The fourth-order valence-electron chi connectivity index (χ4n) is 3.22. The highest BCUT2D eigenvalue weighted by atomic mass is 16.5. The SMILES string of the molecule is CCCC(C)OC(=CC(C)OC(=O)c1cccnc1)c1ccc(Cn2ccnc2)cc1. The standard InChI is InChI=1S/C25H29N3O3/c1-4-6-19(2)30-24(15-20(3)31-25(29)23-7-5-12-26-16-23)22-10-8-21(9-11-22)17-28-14-13-27-18-28/h5,7-16,18-20H,4,6,17H2,1-3H3. The molecule has 3 rings (SSSR count). The van der Waals surface area contributed by atoms with Gasteiger partial charge >= 0.3 is 5.97 Å². The average Bonchev–Trinajstić information content (AvgIpc) is 3.27. The first-order valence-corrected chi connectivity index (χ1v) is 10.6. The molecular formula is C25H29N3O3. The molecule has 0 radical (unpaired) electrons. The molecule has 2 unspecified atom stereocenters. The van der Waals surface area contributed by atoms with Gasteiger partial charge in [-0.25, -0.2) is 9.78 Å². The molecule has 0 N–H and O–H groups in total. The quantitative estimate of drug-likeness (QED) is 0.337. The highest BCUT2D eigenvalue weighted by Crippen LogP contribution is 2.22. The van der Waals surface area contributed by atoms with Gasteiger partial charge in [0, 0.05) is 36.9 Å². The number of nitrogens with zero attached hydrogens (tertiary/aromatic N) is 3. The summed E-state index contributed by atoms with van der Waals surface area (Å²) in [6, 6.07) is 11.6. The van der Waals surface area contributed by atoms with Crippen molar-refractivity contribution >= 4 is 11.7 Å². The van der Waals surface area contributed by atoms with Crippen LogP contribution in [0.3, 0.4) is 0 Å². The first-order chi connectivity index (χ1) is 15.0. The van der Waals surface area contributed by atoms with Gasteiger partial charge in [-0.15, -0.1) is 0 Å². The lowest BCUT2D eigenvalue weighted by Gasteiger charge is -2.19. The molecule has 0 aliphatic carbocycles. The third kappa shape index (κ3) is 6.81. The number of carbonyl (C=O) groups excluding carboxylic acids is 1. The molecule has 2 heterocycles. The molecule has 0 spiro atoms. The van der Waals surface area contributed by atoms with E-state index in [2.05, 4.69) is 35.9 Å². The fraction of sp³-hybridized carbons (Fsp3) is 0.320. The van der Waals surface area contributed by atoms with Gasteiger partial charge in [0.25, 0.3) is 0 Å². The summed E-state index contributed by atoms with van der Waals surface area (Å²) in [5.74, 6) is 0.301. The molecule has 0 saturated carbocycles. The summed E-state index contributed by atoms with van der Waals surface area (Å²) < 4.78 is 13.8. The average molecular weight is 420 g/mol. The van der Waals surface area contributed by atoms with Crippen molar-refractivity contribution < 1.29 is 14.3 Å². The number of ether oxygens (including phenoxy) is 2. The van der Waals surface area contributed by atoms with Gasteiger partial charge < -0.3 is 14.0 Å². The van der Waals surface area contributed by atoms with Crippen LogP contribution in [-0.2, 0) is 16.0 Å². The van der Waals surface area contributed by atoms with Crippen molar-refractivity contribution in [3.05, 3.63) is 90.3 Å². The predicted octanol–water partition coefficient (Wildman–Crippen LogP) is 5.12. The number of esters is 1. The topological polar surface area (TPSA) is 66.2 Å². The van der Waals surface area contributed by atoms with Gasteiger partial charge in [-0.1, -0.05) is 37.6 Å². The van der Waals surface area contributed by atoms with Crippen LogP contribution in [0.15, 0.2) is 73.6 Å². The second-order valence-corrected chi connectivity index (χ2v) is 7.53. The maximum atomic E-state index is 12.4. The van der Waals surface area contributed by atoms with Crippen molar-refractivity contribution in [3.8, 4) is 0 Å². The van der Waals surface area contributed by atoms with Crippen LogP contribution in [0.4, 0.5) is 0 Å². The lowest BCUT2D eigenvalue weighted by atomic mass is 10.1. The lowest BCUT2D eigenvalue weighted by molar-refractivity contribution is 0.0420. The molecule has 0 bridgehead atoms.